The Kier molecular flexibility index (Phi) is 5.35. The van der Waals surface area contributed by atoms with Crippen LogP contribution in [0, 0.1) is 6.92 Å². The molecule has 1 aliphatic heterocycles. The molecule has 7 nitrogen and oxygen atoms in total. The highest BCUT2D eigenvalue weighted by Crippen LogP contribution is 2.33. The van der Waals surface area contributed by atoms with Gasteiger partial charge in [0.05, 0.1) is 24.0 Å². The van der Waals surface area contributed by atoms with E-state index in [-0.39, 0.29) is 11.9 Å². The van der Waals surface area contributed by atoms with Crippen molar-refractivity contribution in [2.75, 3.05) is 18.6 Å². The average molecular weight is 409 g/mol. The molecule has 2 heterocycles. The molecule has 4 rings (SSSR count). The second kappa shape index (κ2) is 8.08. The normalized spacial score (nSPS) is 12.7. The van der Waals surface area contributed by atoms with Crippen LogP contribution in [-0.4, -0.2) is 35.7 Å². The Morgan fingerprint density at radius 2 is 2.07 bits per heavy atom. The number of rotatable bonds is 5. The van der Waals surface area contributed by atoms with Crippen LogP contribution in [0.2, 0.25) is 0 Å². The topological polar surface area (TPSA) is 85.5 Å². The van der Waals surface area contributed by atoms with Gasteiger partial charge in [-0.1, -0.05) is 17.3 Å². The number of aromatic nitrogens is 2. The third kappa shape index (κ3) is 3.88. The van der Waals surface area contributed by atoms with E-state index in [9.17, 15) is 9.59 Å². The van der Waals surface area contributed by atoms with Crippen LogP contribution in [0.5, 0.6) is 0 Å². The van der Waals surface area contributed by atoms with Gasteiger partial charge in [-0.3, -0.25) is 4.79 Å². The van der Waals surface area contributed by atoms with Gasteiger partial charge in [-0.2, -0.15) is 4.98 Å². The molecule has 0 aliphatic carbocycles. The van der Waals surface area contributed by atoms with Gasteiger partial charge in [0.1, 0.15) is 0 Å². The lowest BCUT2D eigenvalue weighted by atomic mass is 10.1. The first-order valence-corrected chi connectivity index (χ1v) is 10.1. The number of hydrogen-bond donors (Lipinski definition) is 0. The Morgan fingerprint density at radius 3 is 2.83 bits per heavy atom. The zero-order valence-corrected chi connectivity index (χ0v) is 16.9. The van der Waals surface area contributed by atoms with E-state index in [4.69, 9.17) is 9.26 Å². The summed E-state index contributed by atoms with van der Waals surface area (Å²) in [6.45, 7) is 2.32. The molecule has 1 aliphatic rings. The van der Waals surface area contributed by atoms with Gasteiger partial charge in [0.25, 0.3) is 5.91 Å². The maximum Gasteiger partial charge on any atom is 0.337 e. The number of esters is 1. The molecule has 1 amide bonds. The van der Waals surface area contributed by atoms with Crippen molar-refractivity contribution in [3.8, 4) is 0 Å². The standard InChI is InChI=1S/C21H19N3O4S/c1-13-22-19(23-28-13)12-29-18-6-4-3-5-16(18)20(25)24-10-9-14-11-15(21(26)27-2)7-8-17(14)24/h3-8,11H,9-10,12H2,1-2H3. The van der Waals surface area contributed by atoms with Crippen LogP contribution in [0.25, 0.3) is 0 Å². The molecule has 148 valence electrons. The Labute approximate surface area is 172 Å². The lowest BCUT2D eigenvalue weighted by molar-refractivity contribution is 0.0600. The molecule has 0 saturated heterocycles. The lowest BCUT2D eigenvalue weighted by Gasteiger charge is -2.19. The summed E-state index contributed by atoms with van der Waals surface area (Å²) < 4.78 is 9.78. The number of benzene rings is 2. The highest BCUT2D eigenvalue weighted by Gasteiger charge is 2.28. The van der Waals surface area contributed by atoms with Crippen molar-refractivity contribution in [3.05, 3.63) is 70.9 Å². The van der Waals surface area contributed by atoms with Crippen molar-refractivity contribution in [3.63, 3.8) is 0 Å². The molecule has 0 atom stereocenters. The summed E-state index contributed by atoms with van der Waals surface area (Å²) in [4.78, 5) is 31.9. The summed E-state index contributed by atoms with van der Waals surface area (Å²) in [7, 11) is 1.36. The van der Waals surface area contributed by atoms with Crippen molar-refractivity contribution >= 4 is 29.3 Å². The second-order valence-corrected chi connectivity index (χ2v) is 7.57. The molecule has 29 heavy (non-hydrogen) atoms. The van der Waals surface area contributed by atoms with Crippen LogP contribution in [0.4, 0.5) is 5.69 Å². The number of carbonyl (C=O) groups excluding carboxylic acids is 2. The van der Waals surface area contributed by atoms with Gasteiger partial charge in [0.15, 0.2) is 5.82 Å². The van der Waals surface area contributed by atoms with E-state index in [0.717, 1.165) is 16.1 Å². The summed E-state index contributed by atoms with van der Waals surface area (Å²) in [6.07, 6.45) is 0.698. The van der Waals surface area contributed by atoms with Gasteiger partial charge in [0.2, 0.25) is 5.89 Å². The Balaban J connectivity index is 1.56. The van der Waals surface area contributed by atoms with Crippen LogP contribution >= 0.6 is 11.8 Å². The average Bonchev–Trinajstić information content (AvgIpc) is 3.36. The minimum absolute atomic E-state index is 0.0676. The number of hydrogen-bond acceptors (Lipinski definition) is 7. The fourth-order valence-electron chi connectivity index (χ4n) is 3.31. The molecule has 0 unspecified atom stereocenters. The van der Waals surface area contributed by atoms with Crippen LogP contribution in [-0.2, 0) is 16.9 Å². The van der Waals surface area contributed by atoms with Gasteiger partial charge in [-0.25, -0.2) is 4.79 Å². The third-order valence-electron chi connectivity index (χ3n) is 4.69. The first kappa shape index (κ1) is 19.2. The molecule has 0 radical (unpaired) electrons. The van der Waals surface area contributed by atoms with E-state index < -0.39 is 0 Å². The summed E-state index contributed by atoms with van der Waals surface area (Å²) >= 11 is 1.50. The summed E-state index contributed by atoms with van der Waals surface area (Å²) in [6, 6.07) is 12.8. The first-order chi connectivity index (χ1) is 14.1. The van der Waals surface area contributed by atoms with Crippen molar-refractivity contribution < 1.29 is 18.8 Å². The molecule has 0 saturated carbocycles. The fraction of sp³-hybridized carbons (Fsp3) is 0.238. The molecule has 0 fully saturated rings. The second-order valence-electron chi connectivity index (χ2n) is 6.56. The smallest absolute Gasteiger partial charge is 0.337 e. The van der Waals surface area contributed by atoms with Crippen molar-refractivity contribution in [2.45, 2.75) is 24.0 Å². The number of nitrogens with zero attached hydrogens (tertiary/aromatic N) is 3. The molecular weight excluding hydrogens is 390 g/mol. The fourth-order valence-corrected chi connectivity index (χ4v) is 4.20. The molecule has 0 N–H and O–H groups in total. The van der Waals surface area contributed by atoms with Gasteiger partial charge in [-0.15, -0.1) is 11.8 Å². The van der Waals surface area contributed by atoms with Gasteiger partial charge >= 0.3 is 5.97 Å². The molecular formula is C21H19N3O4S. The minimum atomic E-state index is -0.379. The summed E-state index contributed by atoms with van der Waals surface area (Å²) in [5.74, 6) is 1.18. The number of carbonyl (C=O) groups is 2. The zero-order valence-electron chi connectivity index (χ0n) is 16.0. The van der Waals surface area contributed by atoms with E-state index in [1.807, 2.05) is 30.3 Å². The van der Waals surface area contributed by atoms with Crippen LogP contribution < -0.4 is 4.90 Å². The van der Waals surface area contributed by atoms with E-state index >= 15 is 0 Å². The van der Waals surface area contributed by atoms with E-state index in [1.54, 1.807) is 24.0 Å². The molecule has 8 heteroatoms. The number of ether oxygens (including phenoxy) is 1. The maximum absolute atomic E-state index is 13.3. The predicted octanol–water partition coefficient (Wildman–Crippen LogP) is 3.66. The largest absolute Gasteiger partial charge is 0.465 e. The van der Waals surface area contributed by atoms with Crippen molar-refractivity contribution in [1.82, 2.24) is 10.1 Å². The first-order valence-electron chi connectivity index (χ1n) is 9.11. The Morgan fingerprint density at radius 1 is 1.24 bits per heavy atom. The van der Waals surface area contributed by atoms with Crippen LogP contribution in [0.15, 0.2) is 51.9 Å². The number of anilines is 1. The van der Waals surface area contributed by atoms with E-state index in [0.29, 0.717) is 41.6 Å². The Bertz CT molecular complexity index is 1080. The number of fused-ring (bicyclic) bond motifs is 1. The number of thioether (sulfide) groups is 1. The maximum atomic E-state index is 13.3. The van der Waals surface area contributed by atoms with Crippen LogP contribution in [0.3, 0.4) is 0 Å². The third-order valence-corrected chi connectivity index (χ3v) is 5.75. The lowest BCUT2D eigenvalue weighted by Crippen LogP contribution is -2.29. The summed E-state index contributed by atoms with van der Waals surface area (Å²) in [5, 5.41) is 3.90. The minimum Gasteiger partial charge on any atom is -0.465 e. The molecule has 0 spiro atoms. The monoisotopic (exact) mass is 409 g/mol. The number of amides is 1. The van der Waals surface area contributed by atoms with Gasteiger partial charge in [-0.05, 0) is 42.3 Å². The quantitative estimate of drug-likeness (QED) is 0.469. The zero-order chi connectivity index (χ0) is 20.4. The predicted molar refractivity (Wildman–Crippen MR) is 108 cm³/mol. The molecule has 0 bridgehead atoms. The molecule has 1 aromatic heterocycles. The summed E-state index contributed by atoms with van der Waals surface area (Å²) in [5.41, 5.74) is 2.92. The SMILES string of the molecule is COC(=O)c1ccc2c(c1)CCN2C(=O)c1ccccc1SCc1noc(C)n1. The van der Waals surface area contributed by atoms with Crippen LogP contribution in [0.1, 0.15) is 38.0 Å². The molecule has 3 aromatic rings. The number of methoxy groups -OCH3 is 1. The Hall–Kier alpha value is -3.13. The van der Waals surface area contributed by atoms with E-state index in [2.05, 4.69) is 10.1 Å². The van der Waals surface area contributed by atoms with Crippen molar-refractivity contribution in [2.24, 2.45) is 0 Å². The highest BCUT2D eigenvalue weighted by atomic mass is 32.2. The molecule has 2 aromatic carbocycles. The highest BCUT2D eigenvalue weighted by molar-refractivity contribution is 7.98. The van der Waals surface area contributed by atoms with Crippen molar-refractivity contribution in [1.29, 1.82) is 0 Å². The van der Waals surface area contributed by atoms with E-state index in [1.165, 1.54) is 18.9 Å². The van der Waals surface area contributed by atoms with Gasteiger partial charge in [0, 0.05) is 24.1 Å². The van der Waals surface area contributed by atoms with Gasteiger partial charge < -0.3 is 14.2 Å². The number of aryl methyl sites for hydroxylation is 1.